The highest BCUT2D eigenvalue weighted by Crippen LogP contribution is 2.26. The molecule has 0 radical (unpaired) electrons. The number of amides is 1. The Labute approximate surface area is 153 Å². The maximum absolute atomic E-state index is 13.8. The molecule has 0 aliphatic heterocycles. The number of halogens is 2. The fraction of sp³-hybridized carbons (Fsp3) is 0.158. The number of oxazole rings is 1. The summed E-state index contributed by atoms with van der Waals surface area (Å²) in [6.07, 6.45) is 3.76. The zero-order valence-electron chi connectivity index (χ0n) is 14.0. The summed E-state index contributed by atoms with van der Waals surface area (Å²) in [5.41, 5.74) is 0.884. The van der Waals surface area contributed by atoms with Crippen molar-refractivity contribution in [1.29, 1.82) is 0 Å². The van der Waals surface area contributed by atoms with E-state index in [1.54, 1.807) is 11.8 Å². The molecule has 134 valence electrons. The second-order valence-corrected chi connectivity index (χ2v) is 6.34. The smallest absolute Gasteiger partial charge is 0.224 e. The van der Waals surface area contributed by atoms with Gasteiger partial charge in [-0.25, -0.2) is 13.8 Å². The second-order valence-electron chi connectivity index (χ2n) is 5.49. The summed E-state index contributed by atoms with van der Waals surface area (Å²) < 4.78 is 32.2. The number of anilines is 1. The average Bonchev–Trinajstić information content (AvgIpc) is 3.09. The molecular formula is C19H16F2N2O2S. The lowest BCUT2D eigenvalue weighted by atomic mass is 10.2. The van der Waals surface area contributed by atoms with Crippen LogP contribution in [-0.4, -0.2) is 17.1 Å². The van der Waals surface area contributed by atoms with Crippen molar-refractivity contribution in [2.45, 2.75) is 17.7 Å². The van der Waals surface area contributed by atoms with Gasteiger partial charge in [0, 0.05) is 23.8 Å². The number of thioether (sulfide) groups is 1. The standard InChI is InChI=1S/C19H16F2N2O2S/c1-26-17-5-3-2-4-15(17)23-18(24)8-9-19-22-11-16(25-19)13-7-6-12(20)10-14(13)21/h2-7,10-11H,8-9H2,1H3,(H,23,24). The number of carbonyl (C=O) groups is 1. The number of nitrogens with zero attached hydrogens (tertiary/aromatic N) is 1. The number of aryl methyl sites for hydroxylation is 1. The minimum Gasteiger partial charge on any atom is -0.441 e. The van der Waals surface area contributed by atoms with Crippen LogP contribution in [0.25, 0.3) is 11.3 Å². The summed E-state index contributed by atoms with van der Waals surface area (Å²) in [5.74, 6) is -1.03. The molecule has 0 saturated carbocycles. The molecule has 1 aromatic heterocycles. The summed E-state index contributed by atoms with van der Waals surface area (Å²) in [5, 5.41) is 2.85. The molecule has 1 amide bonds. The van der Waals surface area contributed by atoms with Gasteiger partial charge in [-0.15, -0.1) is 11.8 Å². The average molecular weight is 374 g/mol. The number of rotatable bonds is 6. The van der Waals surface area contributed by atoms with Crippen molar-refractivity contribution in [2.24, 2.45) is 0 Å². The Kier molecular flexibility index (Phi) is 5.68. The normalized spacial score (nSPS) is 10.7. The van der Waals surface area contributed by atoms with E-state index in [0.29, 0.717) is 5.89 Å². The third kappa shape index (κ3) is 4.29. The molecule has 2 aromatic carbocycles. The van der Waals surface area contributed by atoms with Gasteiger partial charge in [-0.1, -0.05) is 12.1 Å². The molecule has 26 heavy (non-hydrogen) atoms. The van der Waals surface area contributed by atoms with Gasteiger partial charge in [0.25, 0.3) is 0 Å². The molecule has 0 aliphatic rings. The fourth-order valence-electron chi connectivity index (χ4n) is 2.42. The molecule has 1 N–H and O–H groups in total. The van der Waals surface area contributed by atoms with Gasteiger partial charge in [0.1, 0.15) is 11.6 Å². The first-order valence-corrected chi connectivity index (χ1v) is 9.12. The molecule has 0 fully saturated rings. The van der Waals surface area contributed by atoms with Crippen LogP contribution < -0.4 is 5.32 Å². The predicted octanol–water partition coefficient (Wildman–Crippen LogP) is 4.91. The lowest BCUT2D eigenvalue weighted by molar-refractivity contribution is -0.116. The summed E-state index contributed by atoms with van der Waals surface area (Å²) in [6.45, 7) is 0. The Balaban J connectivity index is 1.62. The van der Waals surface area contributed by atoms with E-state index in [2.05, 4.69) is 10.3 Å². The lowest BCUT2D eigenvalue weighted by Gasteiger charge is -2.08. The molecule has 0 atom stereocenters. The zero-order chi connectivity index (χ0) is 18.5. The van der Waals surface area contributed by atoms with Crippen molar-refractivity contribution in [3.63, 3.8) is 0 Å². The fourth-order valence-corrected chi connectivity index (χ4v) is 2.97. The minimum atomic E-state index is -0.723. The summed E-state index contributed by atoms with van der Waals surface area (Å²) in [6, 6.07) is 10.8. The molecule has 3 rings (SSSR count). The van der Waals surface area contributed by atoms with E-state index in [1.807, 2.05) is 30.5 Å². The number of nitrogens with one attached hydrogen (secondary N) is 1. The van der Waals surface area contributed by atoms with Crippen LogP contribution in [0.5, 0.6) is 0 Å². The molecule has 0 saturated heterocycles. The summed E-state index contributed by atoms with van der Waals surface area (Å²) in [7, 11) is 0. The highest BCUT2D eigenvalue weighted by molar-refractivity contribution is 7.98. The molecule has 0 unspecified atom stereocenters. The predicted molar refractivity (Wildman–Crippen MR) is 97.0 cm³/mol. The molecular weight excluding hydrogens is 358 g/mol. The van der Waals surface area contributed by atoms with Gasteiger partial charge in [0.05, 0.1) is 17.4 Å². The van der Waals surface area contributed by atoms with Crippen LogP contribution >= 0.6 is 11.8 Å². The Morgan fingerprint density at radius 1 is 1.23 bits per heavy atom. The Hall–Kier alpha value is -2.67. The zero-order valence-corrected chi connectivity index (χ0v) is 14.8. The third-order valence-electron chi connectivity index (χ3n) is 3.70. The second kappa shape index (κ2) is 8.14. The van der Waals surface area contributed by atoms with Crippen LogP contribution in [0.15, 0.2) is 58.0 Å². The number of benzene rings is 2. The molecule has 0 spiro atoms. The van der Waals surface area contributed by atoms with E-state index in [0.717, 1.165) is 22.7 Å². The van der Waals surface area contributed by atoms with Gasteiger partial charge in [-0.2, -0.15) is 0 Å². The van der Waals surface area contributed by atoms with E-state index in [9.17, 15) is 13.6 Å². The van der Waals surface area contributed by atoms with E-state index in [-0.39, 0.29) is 30.1 Å². The van der Waals surface area contributed by atoms with Gasteiger partial charge in [0.15, 0.2) is 11.7 Å². The lowest BCUT2D eigenvalue weighted by Crippen LogP contribution is -2.13. The van der Waals surface area contributed by atoms with Gasteiger partial charge in [-0.3, -0.25) is 4.79 Å². The summed E-state index contributed by atoms with van der Waals surface area (Å²) >= 11 is 1.55. The molecule has 0 bridgehead atoms. The van der Waals surface area contributed by atoms with Crippen molar-refractivity contribution >= 4 is 23.4 Å². The van der Waals surface area contributed by atoms with E-state index in [4.69, 9.17) is 4.42 Å². The van der Waals surface area contributed by atoms with Crippen molar-refractivity contribution in [3.8, 4) is 11.3 Å². The van der Waals surface area contributed by atoms with E-state index < -0.39 is 11.6 Å². The van der Waals surface area contributed by atoms with Crippen molar-refractivity contribution in [2.75, 3.05) is 11.6 Å². The Morgan fingerprint density at radius 2 is 2.04 bits per heavy atom. The number of aromatic nitrogens is 1. The van der Waals surface area contributed by atoms with Gasteiger partial charge < -0.3 is 9.73 Å². The van der Waals surface area contributed by atoms with Gasteiger partial charge in [-0.05, 0) is 30.5 Å². The quantitative estimate of drug-likeness (QED) is 0.623. The summed E-state index contributed by atoms with van der Waals surface area (Å²) in [4.78, 5) is 17.2. The largest absolute Gasteiger partial charge is 0.441 e. The maximum atomic E-state index is 13.8. The Morgan fingerprint density at radius 3 is 2.81 bits per heavy atom. The van der Waals surface area contributed by atoms with Crippen molar-refractivity contribution in [3.05, 3.63) is 66.2 Å². The highest BCUT2D eigenvalue weighted by Gasteiger charge is 2.13. The maximum Gasteiger partial charge on any atom is 0.224 e. The minimum absolute atomic E-state index is 0.128. The highest BCUT2D eigenvalue weighted by atomic mass is 32.2. The van der Waals surface area contributed by atoms with Crippen LogP contribution in [0, 0.1) is 11.6 Å². The monoisotopic (exact) mass is 374 g/mol. The molecule has 1 heterocycles. The molecule has 0 aliphatic carbocycles. The van der Waals surface area contributed by atoms with Crippen LogP contribution in [0.1, 0.15) is 12.3 Å². The molecule has 3 aromatic rings. The first-order chi connectivity index (χ1) is 12.6. The van der Waals surface area contributed by atoms with E-state index >= 15 is 0 Å². The van der Waals surface area contributed by atoms with Crippen LogP contribution in [0.4, 0.5) is 14.5 Å². The van der Waals surface area contributed by atoms with Crippen LogP contribution in [0.3, 0.4) is 0 Å². The number of carbonyl (C=O) groups excluding carboxylic acids is 1. The first kappa shape index (κ1) is 18.1. The molecule has 4 nitrogen and oxygen atoms in total. The molecule has 7 heteroatoms. The van der Waals surface area contributed by atoms with Gasteiger partial charge >= 0.3 is 0 Å². The van der Waals surface area contributed by atoms with Crippen molar-refractivity contribution < 1.29 is 18.0 Å². The van der Waals surface area contributed by atoms with Gasteiger partial charge in [0.2, 0.25) is 5.91 Å². The Bertz CT molecular complexity index is 927. The van der Waals surface area contributed by atoms with Crippen LogP contribution in [-0.2, 0) is 11.2 Å². The number of para-hydroxylation sites is 1. The first-order valence-electron chi connectivity index (χ1n) is 7.90. The number of hydrogen-bond donors (Lipinski definition) is 1. The van der Waals surface area contributed by atoms with E-state index in [1.165, 1.54) is 12.3 Å². The third-order valence-corrected chi connectivity index (χ3v) is 4.49. The SMILES string of the molecule is CSc1ccccc1NC(=O)CCc1ncc(-c2ccc(F)cc2F)o1. The topological polar surface area (TPSA) is 55.1 Å². The van der Waals surface area contributed by atoms with Crippen LogP contribution in [0.2, 0.25) is 0 Å². The number of hydrogen-bond acceptors (Lipinski definition) is 4. The van der Waals surface area contributed by atoms with Crippen molar-refractivity contribution in [1.82, 2.24) is 4.98 Å².